The van der Waals surface area contributed by atoms with Gasteiger partial charge in [0.25, 0.3) is 0 Å². The van der Waals surface area contributed by atoms with Gasteiger partial charge in [-0.15, -0.1) is 10.2 Å². The number of hydrogen-bond acceptors (Lipinski definition) is 5. The van der Waals surface area contributed by atoms with Gasteiger partial charge in [0.1, 0.15) is 5.01 Å². The predicted molar refractivity (Wildman–Crippen MR) is 87.1 cm³/mol. The van der Waals surface area contributed by atoms with Gasteiger partial charge in [-0.3, -0.25) is 4.79 Å². The molecule has 2 atom stereocenters. The highest BCUT2D eigenvalue weighted by Crippen LogP contribution is 2.29. The van der Waals surface area contributed by atoms with Crippen LogP contribution in [0.15, 0.2) is 24.3 Å². The van der Waals surface area contributed by atoms with Gasteiger partial charge in [0.2, 0.25) is 11.0 Å². The van der Waals surface area contributed by atoms with E-state index in [1.807, 2.05) is 19.1 Å². The number of rotatable bonds is 4. The SMILES string of the molecule is CC[C@@H]1OCC[C@H]1C(=O)Nc1nnc(-c2ccc(Cl)cc2)s1. The van der Waals surface area contributed by atoms with Crippen LogP contribution in [0.3, 0.4) is 0 Å². The molecule has 116 valence electrons. The Morgan fingerprint density at radius 1 is 1.41 bits per heavy atom. The van der Waals surface area contributed by atoms with Crippen molar-refractivity contribution in [2.75, 3.05) is 11.9 Å². The largest absolute Gasteiger partial charge is 0.377 e. The maximum atomic E-state index is 12.3. The highest BCUT2D eigenvalue weighted by molar-refractivity contribution is 7.18. The first-order chi connectivity index (χ1) is 10.7. The Morgan fingerprint density at radius 2 is 2.18 bits per heavy atom. The smallest absolute Gasteiger partial charge is 0.232 e. The maximum Gasteiger partial charge on any atom is 0.232 e. The number of anilines is 1. The van der Waals surface area contributed by atoms with E-state index in [1.54, 1.807) is 12.1 Å². The summed E-state index contributed by atoms with van der Waals surface area (Å²) in [6, 6.07) is 7.37. The predicted octanol–water partition coefficient (Wildman–Crippen LogP) is 3.61. The van der Waals surface area contributed by atoms with Crippen LogP contribution in [0.4, 0.5) is 5.13 Å². The third kappa shape index (κ3) is 3.29. The average Bonchev–Trinajstić information content (AvgIpc) is 3.16. The van der Waals surface area contributed by atoms with Crippen LogP contribution in [-0.2, 0) is 9.53 Å². The zero-order chi connectivity index (χ0) is 15.5. The quantitative estimate of drug-likeness (QED) is 0.925. The van der Waals surface area contributed by atoms with Gasteiger partial charge >= 0.3 is 0 Å². The number of aromatic nitrogens is 2. The van der Waals surface area contributed by atoms with Crippen molar-refractivity contribution in [2.24, 2.45) is 5.92 Å². The molecule has 0 radical (unpaired) electrons. The van der Waals surface area contributed by atoms with E-state index in [9.17, 15) is 4.79 Å². The Balaban J connectivity index is 1.69. The highest BCUT2D eigenvalue weighted by atomic mass is 35.5. The van der Waals surface area contributed by atoms with Gasteiger partial charge in [0.15, 0.2) is 0 Å². The number of ether oxygens (including phenoxy) is 1. The molecule has 1 amide bonds. The van der Waals surface area contributed by atoms with Gasteiger partial charge in [0.05, 0.1) is 12.0 Å². The molecule has 22 heavy (non-hydrogen) atoms. The van der Waals surface area contributed by atoms with Crippen molar-refractivity contribution in [3.8, 4) is 10.6 Å². The van der Waals surface area contributed by atoms with Crippen LogP contribution in [0.25, 0.3) is 10.6 Å². The summed E-state index contributed by atoms with van der Waals surface area (Å²) >= 11 is 7.22. The van der Waals surface area contributed by atoms with Crippen LogP contribution in [0.5, 0.6) is 0 Å². The van der Waals surface area contributed by atoms with Crippen molar-refractivity contribution in [1.29, 1.82) is 0 Å². The van der Waals surface area contributed by atoms with Crippen molar-refractivity contribution in [2.45, 2.75) is 25.9 Å². The van der Waals surface area contributed by atoms with Crippen molar-refractivity contribution < 1.29 is 9.53 Å². The van der Waals surface area contributed by atoms with Crippen molar-refractivity contribution >= 4 is 34.0 Å². The molecule has 5 nitrogen and oxygen atoms in total. The lowest BCUT2D eigenvalue weighted by molar-refractivity contribution is -0.121. The Kier molecular flexibility index (Phi) is 4.71. The van der Waals surface area contributed by atoms with E-state index >= 15 is 0 Å². The van der Waals surface area contributed by atoms with E-state index in [0.717, 1.165) is 23.4 Å². The lowest BCUT2D eigenvalue weighted by Gasteiger charge is -2.14. The topological polar surface area (TPSA) is 64.1 Å². The molecule has 1 aliphatic heterocycles. The number of nitrogens with one attached hydrogen (secondary N) is 1. The van der Waals surface area contributed by atoms with Crippen LogP contribution in [0, 0.1) is 5.92 Å². The summed E-state index contributed by atoms with van der Waals surface area (Å²) in [6.07, 6.45) is 1.60. The van der Waals surface area contributed by atoms with E-state index in [2.05, 4.69) is 15.5 Å². The van der Waals surface area contributed by atoms with E-state index in [0.29, 0.717) is 16.8 Å². The van der Waals surface area contributed by atoms with Crippen molar-refractivity contribution in [3.05, 3.63) is 29.3 Å². The summed E-state index contributed by atoms with van der Waals surface area (Å²) in [4.78, 5) is 12.3. The van der Waals surface area contributed by atoms with Crippen molar-refractivity contribution in [3.63, 3.8) is 0 Å². The Bertz CT molecular complexity index is 659. The minimum absolute atomic E-state index is 0.00339. The highest BCUT2D eigenvalue weighted by Gasteiger charge is 2.33. The summed E-state index contributed by atoms with van der Waals surface area (Å²) in [5, 5.41) is 12.9. The van der Waals surface area contributed by atoms with E-state index in [-0.39, 0.29) is 17.9 Å². The molecule has 0 spiro atoms. The maximum absolute atomic E-state index is 12.3. The second-order valence-electron chi connectivity index (χ2n) is 5.12. The van der Waals surface area contributed by atoms with E-state index < -0.39 is 0 Å². The molecule has 1 aliphatic rings. The lowest BCUT2D eigenvalue weighted by atomic mass is 9.99. The number of halogens is 1. The Labute approximate surface area is 137 Å². The minimum Gasteiger partial charge on any atom is -0.377 e. The second kappa shape index (κ2) is 6.73. The van der Waals surface area contributed by atoms with Crippen LogP contribution in [0.1, 0.15) is 19.8 Å². The fraction of sp³-hybridized carbons (Fsp3) is 0.400. The number of nitrogens with zero attached hydrogens (tertiary/aromatic N) is 2. The summed E-state index contributed by atoms with van der Waals surface area (Å²) in [7, 11) is 0. The summed E-state index contributed by atoms with van der Waals surface area (Å²) in [5.41, 5.74) is 0.929. The summed E-state index contributed by atoms with van der Waals surface area (Å²) in [6.45, 7) is 2.67. The van der Waals surface area contributed by atoms with Gasteiger partial charge in [0, 0.05) is 17.2 Å². The van der Waals surface area contributed by atoms with Crippen molar-refractivity contribution in [1.82, 2.24) is 10.2 Å². The molecule has 1 fully saturated rings. The Morgan fingerprint density at radius 3 is 2.91 bits per heavy atom. The Hall–Kier alpha value is -1.50. The normalized spacial score (nSPS) is 21.0. The van der Waals surface area contributed by atoms with Gasteiger partial charge in [-0.2, -0.15) is 0 Å². The minimum atomic E-state index is -0.104. The van der Waals surface area contributed by atoms with Gasteiger partial charge in [-0.05, 0) is 25.0 Å². The molecule has 1 aromatic carbocycles. The van der Waals surface area contributed by atoms with Gasteiger partial charge < -0.3 is 10.1 Å². The summed E-state index contributed by atoms with van der Waals surface area (Å²) in [5.74, 6) is -0.143. The van der Waals surface area contributed by atoms with Crippen LogP contribution in [-0.4, -0.2) is 28.8 Å². The fourth-order valence-corrected chi connectivity index (χ4v) is 3.41. The molecule has 1 saturated heterocycles. The average molecular weight is 338 g/mol. The van der Waals surface area contributed by atoms with E-state index in [1.165, 1.54) is 11.3 Å². The van der Waals surface area contributed by atoms with E-state index in [4.69, 9.17) is 16.3 Å². The van der Waals surface area contributed by atoms with Gasteiger partial charge in [-0.25, -0.2) is 0 Å². The first kappa shape index (κ1) is 15.4. The standard InChI is InChI=1S/C15H16ClN3O2S/c1-2-12-11(7-8-21-12)13(20)17-15-19-18-14(22-15)9-3-5-10(16)6-4-9/h3-6,11-12H,2,7-8H2,1H3,(H,17,19,20)/t11-,12+/m1/s1. The molecule has 0 saturated carbocycles. The molecule has 3 rings (SSSR count). The lowest BCUT2D eigenvalue weighted by Crippen LogP contribution is -2.29. The molecule has 2 aromatic rings. The molecule has 0 unspecified atom stereocenters. The zero-order valence-electron chi connectivity index (χ0n) is 12.1. The molecular formula is C15H16ClN3O2S. The van der Waals surface area contributed by atoms with Gasteiger partial charge in [-0.1, -0.05) is 42.0 Å². The first-order valence-electron chi connectivity index (χ1n) is 7.19. The van der Waals surface area contributed by atoms with Crippen LogP contribution >= 0.6 is 22.9 Å². The number of carbonyl (C=O) groups is 1. The molecule has 0 bridgehead atoms. The first-order valence-corrected chi connectivity index (χ1v) is 8.38. The molecule has 0 aliphatic carbocycles. The van der Waals surface area contributed by atoms with Crippen LogP contribution < -0.4 is 5.32 Å². The molecule has 7 heteroatoms. The number of hydrogen-bond donors (Lipinski definition) is 1. The molecule has 1 N–H and O–H groups in total. The molecule has 1 aromatic heterocycles. The molecule has 2 heterocycles. The third-order valence-corrected chi connectivity index (χ3v) is 4.83. The number of carbonyl (C=O) groups excluding carboxylic acids is 1. The third-order valence-electron chi connectivity index (χ3n) is 3.70. The monoisotopic (exact) mass is 337 g/mol. The molecular weight excluding hydrogens is 322 g/mol. The van der Waals surface area contributed by atoms with Crippen LogP contribution in [0.2, 0.25) is 5.02 Å². The number of amides is 1. The zero-order valence-corrected chi connectivity index (χ0v) is 13.7. The second-order valence-corrected chi connectivity index (χ2v) is 6.54. The number of benzene rings is 1. The fourth-order valence-electron chi connectivity index (χ4n) is 2.53. The summed E-state index contributed by atoms with van der Waals surface area (Å²) < 4.78 is 5.55.